The average Bonchev–Trinajstić information content (AvgIpc) is 2.46. The highest BCUT2D eigenvalue weighted by Crippen LogP contribution is 2.34. The highest BCUT2D eigenvalue weighted by atomic mass is 16.5. The van der Waals surface area contributed by atoms with Gasteiger partial charge in [0.05, 0.1) is 14.2 Å². The van der Waals surface area contributed by atoms with Gasteiger partial charge in [-0.05, 0) is 24.3 Å². The molecule has 0 aliphatic rings. The Bertz CT molecular complexity index is 863. The molecule has 1 aromatic heterocycles. The van der Waals surface area contributed by atoms with Gasteiger partial charge in [-0.25, -0.2) is 0 Å². The molecule has 0 saturated heterocycles. The molecule has 0 atom stereocenters. The smallest absolute Gasteiger partial charge is 0.208 e. The topological polar surface area (TPSA) is 68.9 Å². The van der Waals surface area contributed by atoms with Crippen LogP contribution in [0, 0.1) is 0 Å². The number of ether oxygens (including phenoxy) is 2. The van der Waals surface area contributed by atoms with Crippen molar-refractivity contribution in [3.05, 3.63) is 40.6 Å². The van der Waals surface area contributed by atoms with Gasteiger partial charge in [0, 0.05) is 0 Å². The molecule has 1 N–H and O–H groups in total. The van der Waals surface area contributed by atoms with Crippen molar-refractivity contribution < 1.29 is 19.0 Å². The van der Waals surface area contributed by atoms with Gasteiger partial charge < -0.3 is 19.0 Å². The summed E-state index contributed by atoms with van der Waals surface area (Å²) in [6, 6.07) is 8.02. The molecule has 20 heavy (non-hydrogen) atoms. The summed E-state index contributed by atoms with van der Waals surface area (Å²) < 4.78 is 16.1. The van der Waals surface area contributed by atoms with Gasteiger partial charge in [0.2, 0.25) is 5.43 Å². The summed E-state index contributed by atoms with van der Waals surface area (Å²) >= 11 is 0. The third-order valence-electron chi connectivity index (χ3n) is 3.19. The number of fused-ring (bicyclic) bond motifs is 2. The van der Waals surface area contributed by atoms with Crippen LogP contribution in [0.25, 0.3) is 21.9 Å². The van der Waals surface area contributed by atoms with Crippen LogP contribution in [0.2, 0.25) is 0 Å². The second-order valence-electron chi connectivity index (χ2n) is 4.26. The van der Waals surface area contributed by atoms with E-state index in [-0.39, 0.29) is 22.1 Å². The highest BCUT2D eigenvalue weighted by Gasteiger charge is 2.17. The van der Waals surface area contributed by atoms with Gasteiger partial charge in [-0.15, -0.1) is 0 Å². The molecule has 3 aromatic rings. The minimum absolute atomic E-state index is 0.0846. The third kappa shape index (κ3) is 1.60. The maximum Gasteiger partial charge on any atom is 0.208 e. The number of methoxy groups -OCH3 is 2. The number of hydrogen-bond donors (Lipinski definition) is 1. The van der Waals surface area contributed by atoms with Crippen LogP contribution in [0.4, 0.5) is 0 Å². The molecule has 0 aliphatic carbocycles. The Morgan fingerprint density at radius 2 is 1.75 bits per heavy atom. The minimum Gasteiger partial charge on any atom is -0.507 e. The molecule has 0 spiro atoms. The van der Waals surface area contributed by atoms with Crippen molar-refractivity contribution >= 4 is 21.9 Å². The van der Waals surface area contributed by atoms with Crippen molar-refractivity contribution in [3.63, 3.8) is 0 Å². The van der Waals surface area contributed by atoms with E-state index >= 15 is 0 Å². The summed E-state index contributed by atoms with van der Waals surface area (Å²) in [6.07, 6.45) is 0. The largest absolute Gasteiger partial charge is 0.507 e. The first kappa shape index (κ1) is 12.3. The molecule has 0 radical (unpaired) electrons. The number of benzene rings is 2. The molecule has 102 valence electrons. The van der Waals surface area contributed by atoms with E-state index in [1.54, 1.807) is 24.3 Å². The molecule has 0 bridgehead atoms. The lowest BCUT2D eigenvalue weighted by Gasteiger charge is -2.09. The summed E-state index contributed by atoms with van der Waals surface area (Å²) in [7, 11) is 2.95. The molecule has 0 saturated carbocycles. The van der Waals surface area contributed by atoms with E-state index in [0.717, 1.165) is 0 Å². The first-order valence-electron chi connectivity index (χ1n) is 5.97. The van der Waals surface area contributed by atoms with Crippen LogP contribution in [0.15, 0.2) is 39.5 Å². The second kappa shape index (κ2) is 4.45. The van der Waals surface area contributed by atoms with E-state index in [1.165, 1.54) is 20.3 Å². The second-order valence-corrected chi connectivity index (χ2v) is 4.26. The molecular formula is C15H12O5. The van der Waals surface area contributed by atoms with Gasteiger partial charge in [0.15, 0.2) is 11.3 Å². The summed E-state index contributed by atoms with van der Waals surface area (Å²) in [5.41, 5.74) is 0.249. The zero-order chi connectivity index (χ0) is 14.3. The Morgan fingerprint density at radius 3 is 2.45 bits per heavy atom. The van der Waals surface area contributed by atoms with Crippen LogP contribution in [0.3, 0.4) is 0 Å². The standard InChI is InChI=1S/C15H12O5/c1-18-9-4-3-5-10-13(9)14(17)12-8(16)6-7-11(19-2)15(12)20-10/h3-7,16H,1-2H3. The predicted octanol–water partition coefficient (Wildman–Crippen LogP) is 2.67. The van der Waals surface area contributed by atoms with E-state index < -0.39 is 0 Å². The monoisotopic (exact) mass is 272 g/mol. The van der Waals surface area contributed by atoms with Gasteiger partial charge in [0.25, 0.3) is 0 Å². The highest BCUT2D eigenvalue weighted by molar-refractivity contribution is 5.97. The Balaban J connectivity index is 2.61. The third-order valence-corrected chi connectivity index (χ3v) is 3.19. The maximum atomic E-state index is 12.6. The number of aromatic hydroxyl groups is 1. The summed E-state index contributed by atoms with van der Waals surface area (Å²) in [5.74, 6) is 0.641. The SMILES string of the molecule is COc1ccc(O)c2c(=O)c3c(OC)cccc3oc12. The molecule has 0 unspecified atom stereocenters. The molecule has 5 heteroatoms. The molecule has 2 aromatic carbocycles. The van der Waals surface area contributed by atoms with Crippen molar-refractivity contribution in [2.75, 3.05) is 14.2 Å². The Labute approximate surface area is 114 Å². The van der Waals surface area contributed by atoms with Crippen LogP contribution < -0.4 is 14.9 Å². The first-order chi connectivity index (χ1) is 9.67. The fourth-order valence-corrected chi connectivity index (χ4v) is 2.26. The van der Waals surface area contributed by atoms with Crippen LogP contribution in [-0.4, -0.2) is 19.3 Å². The van der Waals surface area contributed by atoms with Crippen LogP contribution in [-0.2, 0) is 0 Å². The normalized spacial score (nSPS) is 10.9. The van der Waals surface area contributed by atoms with Gasteiger partial charge in [-0.3, -0.25) is 4.79 Å². The molecule has 0 amide bonds. The fraction of sp³-hybridized carbons (Fsp3) is 0.133. The van der Waals surface area contributed by atoms with E-state index in [4.69, 9.17) is 13.9 Å². The van der Waals surface area contributed by atoms with Crippen molar-refractivity contribution in [2.24, 2.45) is 0 Å². The Hall–Kier alpha value is -2.69. The number of rotatable bonds is 2. The number of phenols is 1. The summed E-state index contributed by atoms with van der Waals surface area (Å²) in [5, 5.41) is 10.3. The van der Waals surface area contributed by atoms with E-state index in [9.17, 15) is 9.90 Å². The lowest BCUT2D eigenvalue weighted by Crippen LogP contribution is -2.05. The molecule has 0 aliphatic heterocycles. The number of hydrogen-bond acceptors (Lipinski definition) is 5. The zero-order valence-corrected chi connectivity index (χ0v) is 11.0. The molecular weight excluding hydrogens is 260 g/mol. The zero-order valence-electron chi connectivity index (χ0n) is 11.0. The van der Waals surface area contributed by atoms with Crippen molar-refractivity contribution in [1.29, 1.82) is 0 Å². The van der Waals surface area contributed by atoms with E-state index in [1.807, 2.05) is 0 Å². The predicted molar refractivity (Wildman–Crippen MR) is 74.8 cm³/mol. The molecule has 0 fully saturated rings. The van der Waals surface area contributed by atoms with Crippen LogP contribution in [0.1, 0.15) is 0 Å². The number of phenolic OH excluding ortho intramolecular Hbond substituents is 1. The fourth-order valence-electron chi connectivity index (χ4n) is 2.26. The van der Waals surface area contributed by atoms with Gasteiger partial charge in [-0.1, -0.05) is 6.07 Å². The molecule has 1 heterocycles. The summed E-state index contributed by atoms with van der Waals surface area (Å²) in [6.45, 7) is 0. The first-order valence-corrected chi connectivity index (χ1v) is 5.97. The van der Waals surface area contributed by atoms with Gasteiger partial charge in [-0.2, -0.15) is 0 Å². The van der Waals surface area contributed by atoms with Gasteiger partial charge >= 0.3 is 0 Å². The Kier molecular flexibility index (Phi) is 2.75. The van der Waals surface area contributed by atoms with Gasteiger partial charge in [0.1, 0.15) is 27.9 Å². The lowest BCUT2D eigenvalue weighted by atomic mass is 10.1. The minimum atomic E-state index is -0.352. The van der Waals surface area contributed by atoms with Crippen LogP contribution >= 0.6 is 0 Å². The van der Waals surface area contributed by atoms with Crippen molar-refractivity contribution in [1.82, 2.24) is 0 Å². The molecule has 5 nitrogen and oxygen atoms in total. The van der Waals surface area contributed by atoms with Crippen molar-refractivity contribution in [3.8, 4) is 17.2 Å². The molecule has 3 rings (SSSR count). The Morgan fingerprint density at radius 1 is 1.00 bits per heavy atom. The average molecular weight is 272 g/mol. The summed E-state index contributed by atoms with van der Waals surface area (Å²) in [4.78, 5) is 12.6. The van der Waals surface area contributed by atoms with Crippen molar-refractivity contribution in [2.45, 2.75) is 0 Å². The maximum absolute atomic E-state index is 12.6. The van der Waals surface area contributed by atoms with E-state index in [0.29, 0.717) is 22.5 Å². The lowest BCUT2D eigenvalue weighted by molar-refractivity contribution is 0.408. The quantitative estimate of drug-likeness (QED) is 0.726. The van der Waals surface area contributed by atoms with Crippen LogP contribution in [0.5, 0.6) is 17.2 Å². The van der Waals surface area contributed by atoms with E-state index in [2.05, 4.69) is 0 Å².